The van der Waals surface area contributed by atoms with Gasteiger partial charge in [-0.3, -0.25) is 0 Å². The molecule has 3 heteroatoms. The lowest BCUT2D eigenvalue weighted by Crippen LogP contribution is -2.04. The Labute approximate surface area is 112 Å². The van der Waals surface area contributed by atoms with Crippen molar-refractivity contribution in [1.82, 2.24) is 0 Å². The van der Waals surface area contributed by atoms with Gasteiger partial charge in [0.2, 0.25) is 0 Å². The van der Waals surface area contributed by atoms with Crippen LogP contribution in [-0.4, -0.2) is 0 Å². The van der Waals surface area contributed by atoms with Gasteiger partial charge in [-0.1, -0.05) is 29.8 Å². The second-order valence-electron chi connectivity index (χ2n) is 4.30. The monoisotopic (exact) mass is 263 g/mol. The summed E-state index contributed by atoms with van der Waals surface area (Å²) in [6.07, 6.45) is 0. The number of anilines is 1. The third kappa shape index (κ3) is 2.65. The molecule has 0 radical (unpaired) electrons. The normalized spacial score (nSPS) is 10.4. The minimum absolute atomic E-state index is 0.277. The molecule has 2 aromatic carbocycles. The van der Waals surface area contributed by atoms with Gasteiger partial charge in [0.25, 0.3) is 0 Å². The first-order chi connectivity index (χ1) is 8.59. The van der Waals surface area contributed by atoms with Crippen molar-refractivity contribution in [2.75, 3.05) is 5.32 Å². The standard InChI is InChI=1S/C15H15ClFN/c1-10-5-3-8-15(11(10)2)18-9-12-13(16)6-4-7-14(12)17/h3-8,18H,9H2,1-2H3. The minimum Gasteiger partial charge on any atom is -0.381 e. The summed E-state index contributed by atoms with van der Waals surface area (Å²) in [5, 5.41) is 3.68. The Balaban J connectivity index is 2.19. The highest BCUT2D eigenvalue weighted by Crippen LogP contribution is 2.22. The molecule has 0 amide bonds. The molecule has 0 atom stereocenters. The number of rotatable bonds is 3. The minimum atomic E-state index is -0.277. The molecule has 0 unspecified atom stereocenters. The Hall–Kier alpha value is -1.54. The largest absolute Gasteiger partial charge is 0.381 e. The van der Waals surface area contributed by atoms with Crippen molar-refractivity contribution in [2.45, 2.75) is 20.4 Å². The Morgan fingerprint density at radius 1 is 1.11 bits per heavy atom. The van der Waals surface area contributed by atoms with Crippen molar-refractivity contribution >= 4 is 17.3 Å². The van der Waals surface area contributed by atoms with Crippen molar-refractivity contribution in [3.63, 3.8) is 0 Å². The molecule has 0 spiro atoms. The van der Waals surface area contributed by atoms with E-state index < -0.39 is 0 Å². The van der Waals surface area contributed by atoms with Gasteiger partial charge in [-0.15, -0.1) is 0 Å². The van der Waals surface area contributed by atoms with Gasteiger partial charge < -0.3 is 5.32 Å². The van der Waals surface area contributed by atoms with Crippen LogP contribution in [0.5, 0.6) is 0 Å². The molecule has 0 saturated carbocycles. The summed E-state index contributed by atoms with van der Waals surface area (Å²) in [6, 6.07) is 10.7. The topological polar surface area (TPSA) is 12.0 Å². The lowest BCUT2D eigenvalue weighted by molar-refractivity contribution is 0.613. The molecular weight excluding hydrogens is 249 g/mol. The average Bonchev–Trinajstić information content (AvgIpc) is 2.33. The molecule has 0 aliphatic heterocycles. The van der Waals surface area contributed by atoms with E-state index in [1.54, 1.807) is 12.1 Å². The molecule has 2 rings (SSSR count). The van der Waals surface area contributed by atoms with Crippen LogP contribution in [0.4, 0.5) is 10.1 Å². The van der Waals surface area contributed by atoms with E-state index in [1.807, 2.05) is 19.1 Å². The van der Waals surface area contributed by atoms with Crippen LogP contribution >= 0.6 is 11.6 Å². The predicted molar refractivity (Wildman–Crippen MR) is 74.7 cm³/mol. The maximum atomic E-state index is 13.6. The number of benzene rings is 2. The third-order valence-electron chi connectivity index (χ3n) is 3.12. The summed E-state index contributed by atoms with van der Waals surface area (Å²) in [5.74, 6) is -0.277. The van der Waals surface area contributed by atoms with E-state index in [2.05, 4.69) is 18.3 Å². The second kappa shape index (κ2) is 5.40. The van der Waals surface area contributed by atoms with E-state index in [9.17, 15) is 4.39 Å². The van der Waals surface area contributed by atoms with Gasteiger partial charge in [0.1, 0.15) is 5.82 Å². The van der Waals surface area contributed by atoms with Crippen LogP contribution in [-0.2, 0) is 6.54 Å². The fourth-order valence-electron chi connectivity index (χ4n) is 1.83. The van der Waals surface area contributed by atoms with Gasteiger partial charge in [-0.05, 0) is 43.2 Å². The van der Waals surface area contributed by atoms with Gasteiger partial charge in [0.15, 0.2) is 0 Å². The van der Waals surface area contributed by atoms with E-state index in [1.165, 1.54) is 17.2 Å². The lowest BCUT2D eigenvalue weighted by Gasteiger charge is -2.12. The zero-order valence-corrected chi connectivity index (χ0v) is 11.2. The molecule has 0 fully saturated rings. The van der Waals surface area contributed by atoms with Crippen molar-refractivity contribution in [2.24, 2.45) is 0 Å². The van der Waals surface area contributed by atoms with Gasteiger partial charge in [-0.25, -0.2) is 4.39 Å². The smallest absolute Gasteiger partial charge is 0.129 e. The SMILES string of the molecule is Cc1cccc(NCc2c(F)cccc2Cl)c1C. The highest BCUT2D eigenvalue weighted by Gasteiger charge is 2.07. The highest BCUT2D eigenvalue weighted by molar-refractivity contribution is 6.31. The lowest BCUT2D eigenvalue weighted by atomic mass is 10.1. The first-order valence-corrected chi connectivity index (χ1v) is 6.20. The number of hydrogen-bond donors (Lipinski definition) is 1. The summed E-state index contributed by atoms with van der Waals surface area (Å²) >= 11 is 5.99. The zero-order chi connectivity index (χ0) is 13.1. The summed E-state index contributed by atoms with van der Waals surface area (Å²) in [7, 11) is 0. The molecule has 0 heterocycles. The molecule has 0 bridgehead atoms. The van der Waals surface area contributed by atoms with Crippen LogP contribution in [0.3, 0.4) is 0 Å². The van der Waals surface area contributed by atoms with Gasteiger partial charge in [0.05, 0.1) is 0 Å². The van der Waals surface area contributed by atoms with Crippen molar-refractivity contribution in [3.8, 4) is 0 Å². The number of hydrogen-bond acceptors (Lipinski definition) is 1. The molecule has 1 N–H and O–H groups in total. The molecule has 2 aromatic rings. The summed E-state index contributed by atoms with van der Waals surface area (Å²) in [5.41, 5.74) is 3.89. The summed E-state index contributed by atoms with van der Waals surface area (Å²) in [6.45, 7) is 4.48. The quantitative estimate of drug-likeness (QED) is 0.846. The van der Waals surface area contributed by atoms with Crippen molar-refractivity contribution in [1.29, 1.82) is 0 Å². The maximum Gasteiger partial charge on any atom is 0.129 e. The number of aryl methyl sites for hydroxylation is 1. The molecule has 0 aliphatic carbocycles. The Morgan fingerprint density at radius 3 is 2.56 bits per heavy atom. The molecule has 0 saturated heterocycles. The third-order valence-corrected chi connectivity index (χ3v) is 3.48. The van der Waals surface area contributed by atoms with E-state index in [-0.39, 0.29) is 5.82 Å². The van der Waals surface area contributed by atoms with Gasteiger partial charge in [0, 0.05) is 22.8 Å². The Morgan fingerprint density at radius 2 is 1.83 bits per heavy atom. The van der Waals surface area contributed by atoms with Gasteiger partial charge in [-0.2, -0.15) is 0 Å². The average molecular weight is 264 g/mol. The Bertz CT molecular complexity index is 546. The fourth-order valence-corrected chi connectivity index (χ4v) is 2.06. The van der Waals surface area contributed by atoms with Crippen molar-refractivity contribution < 1.29 is 4.39 Å². The van der Waals surface area contributed by atoms with Crippen LogP contribution in [0.1, 0.15) is 16.7 Å². The van der Waals surface area contributed by atoms with Crippen molar-refractivity contribution in [3.05, 3.63) is 63.9 Å². The van der Waals surface area contributed by atoms with Gasteiger partial charge >= 0.3 is 0 Å². The van der Waals surface area contributed by atoms with Crippen LogP contribution in [0.25, 0.3) is 0 Å². The molecule has 0 aliphatic rings. The molecule has 0 aromatic heterocycles. The first-order valence-electron chi connectivity index (χ1n) is 5.82. The first kappa shape index (κ1) is 12.9. The van der Waals surface area contributed by atoms with Crippen LogP contribution < -0.4 is 5.32 Å². The predicted octanol–water partition coefficient (Wildman–Crippen LogP) is 4.71. The van der Waals surface area contributed by atoms with E-state index in [0.29, 0.717) is 17.1 Å². The number of halogens is 2. The fraction of sp³-hybridized carbons (Fsp3) is 0.200. The molecular formula is C15H15ClFN. The van der Waals surface area contributed by atoms with E-state index in [4.69, 9.17) is 11.6 Å². The van der Waals surface area contributed by atoms with Crippen LogP contribution in [0, 0.1) is 19.7 Å². The zero-order valence-electron chi connectivity index (χ0n) is 10.4. The van der Waals surface area contributed by atoms with Crippen LogP contribution in [0.2, 0.25) is 5.02 Å². The summed E-state index contributed by atoms with van der Waals surface area (Å²) < 4.78 is 13.6. The number of nitrogens with one attached hydrogen (secondary N) is 1. The van der Waals surface area contributed by atoms with Crippen LogP contribution in [0.15, 0.2) is 36.4 Å². The van der Waals surface area contributed by atoms with E-state index in [0.717, 1.165) is 5.69 Å². The van der Waals surface area contributed by atoms with E-state index >= 15 is 0 Å². The molecule has 18 heavy (non-hydrogen) atoms. The Kier molecular flexibility index (Phi) is 3.87. The summed E-state index contributed by atoms with van der Waals surface area (Å²) in [4.78, 5) is 0. The maximum absolute atomic E-state index is 13.6. The highest BCUT2D eigenvalue weighted by atomic mass is 35.5. The second-order valence-corrected chi connectivity index (χ2v) is 4.71. The molecule has 1 nitrogen and oxygen atoms in total. The molecule has 94 valence electrons.